The van der Waals surface area contributed by atoms with Crippen LogP contribution in [0.25, 0.3) is 0 Å². The summed E-state index contributed by atoms with van der Waals surface area (Å²) in [7, 11) is 0. The topological polar surface area (TPSA) is 61.1 Å². The molecule has 0 amide bonds. The molecule has 1 aromatic carbocycles. The normalized spacial score (nSPS) is 13.3. The number of nitriles is 1. The third kappa shape index (κ3) is 4.47. The van der Waals surface area contributed by atoms with Gasteiger partial charge in [0.25, 0.3) is 0 Å². The lowest BCUT2D eigenvalue weighted by Crippen LogP contribution is -2.20. The molecule has 2 atom stereocenters. The van der Waals surface area contributed by atoms with Crippen molar-refractivity contribution in [1.82, 2.24) is 0 Å². The van der Waals surface area contributed by atoms with E-state index in [9.17, 15) is 4.79 Å². The minimum absolute atomic E-state index is 0.294. The van der Waals surface area contributed by atoms with Crippen LogP contribution in [0, 0.1) is 17.2 Å². The van der Waals surface area contributed by atoms with Crippen LogP contribution in [0.15, 0.2) is 30.3 Å². The fourth-order valence-electron chi connectivity index (χ4n) is 1.34. The summed E-state index contributed by atoms with van der Waals surface area (Å²) in [6.07, 6.45) is 0.295. The van der Waals surface area contributed by atoms with E-state index in [4.69, 9.17) is 22.6 Å². The number of benzene rings is 1. The van der Waals surface area contributed by atoms with E-state index in [1.807, 2.05) is 36.4 Å². The SMILES string of the molecule is CC(C#N)CC(SC(=S)c1ccccc1)C(=O)O. The molecule has 1 aromatic rings. The number of hydrogen-bond acceptors (Lipinski definition) is 4. The van der Waals surface area contributed by atoms with Crippen molar-refractivity contribution >= 4 is 34.1 Å². The summed E-state index contributed by atoms with van der Waals surface area (Å²) in [5.41, 5.74) is 0.841. The Balaban J connectivity index is 2.71. The Hall–Kier alpha value is -1.38. The number of rotatable bonds is 5. The molecule has 1 N–H and O–H groups in total. The maximum Gasteiger partial charge on any atom is 0.317 e. The van der Waals surface area contributed by atoms with Gasteiger partial charge in [-0.25, -0.2) is 0 Å². The summed E-state index contributed by atoms with van der Waals surface area (Å²) in [5, 5.41) is 17.2. The molecule has 0 fully saturated rings. The van der Waals surface area contributed by atoms with Crippen molar-refractivity contribution in [3.05, 3.63) is 35.9 Å². The number of nitrogens with zero attached hydrogens (tertiary/aromatic N) is 1. The molecule has 2 unspecified atom stereocenters. The van der Waals surface area contributed by atoms with Crippen LogP contribution in [0.1, 0.15) is 18.9 Å². The van der Waals surface area contributed by atoms with Crippen LogP contribution in [0.5, 0.6) is 0 Å². The number of thioether (sulfide) groups is 1. The Kier molecular flexibility index (Phi) is 5.83. The third-order valence-electron chi connectivity index (χ3n) is 2.32. The summed E-state index contributed by atoms with van der Waals surface area (Å²) in [5.74, 6) is -1.22. The van der Waals surface area contributed by atoms with Gasteiger partial charge in [0.05, 0.1) is 10.3 Å². The third-order valence-corrected chi connectivity index (χ3v) is 3.98. The van der Waals surface area contributed by atoms with E-state index in [2.05, 4.69) is 0 Å². The van der Waals surface area contributed by atoms with Crippen molar-refractivity contribution in [2.45, 2.75) is 18.6 Å². The molecule has 18 heavy (non-hydrogen) atoms. The molecule has 0 aliphatic heterocycles. The van der Waals surface area contributed by atoms with Crippen LogP contribution < -0.4 is 0 Å². The fourth-order valence-corrected chi connectivity index (χ4v) is 2.85. The predicted molar refractivity (Wildman–Crippen MR) is 76.6 cm³/mol. The first-order valence-electron chi connectivity index (χ1n) is 5.43. The molecule has 0 aliphatic carbocycles. The molecule has 0 spiro atoms. The number of thiocarbonyl (C=S) groups is 1. The van der Waals surface area contributed by atoms with Crippen molar-refractivity contribution in [2.75, 3.05) is 0 Å². The molecule has 5 heteroatoms. The van der Waals surface area contributed by atoms with Crippen LogP contribution in [-0.2, 0) is 4.79 Å². The molecule has 0 radical (unpaired) electrons. The van der Waals surface area contributed by atoms with Crippen molar-refractivity contribution < 1.29 is 9.90 Å². The number of carboxylic acids is 1. The highest BCUT2D eigenvalue weighted by Gasteiger charge is 2.23. The van der Waals surface area contributed by atoms with Gasteiger partial charge in [-0.15, -0.1) is 0 Å². The Morgan fingerprint density at radius 1 is 1.50 bits per heavy atom. The number of carbonyl (C=O) groups is 1. The second-order valence-electron chi connectivity index (χ2n) is 3.86. The van der Waals surface area contributed by atoms with Crippen LogP contribution in [0.2, 0.25) is 0 Å². The van der Waals surface area contributed by atoms with E-state index in [0.717, 1.165) is 17.3 Å². The van der Waals surface area contributed by atoms with Crippen molar-refractivity contribution in [3.8, 4) is 6.07 Å². The van der Waals surface area contributed by atoms with Gasteiger partial charge in [0.1, 0.15) is 5.25 Å². The van der Waals surface area contributed by atoms with Gasteiger partial charge in [0, 0.05) is 5.92 Å². The van der Waals surface area contributed by atoms with Gasteiger partial charge in [-0.3, -0.25) is 4.79 Å². The lowest BCUT2D eigenvalue weighted by Gasteiger charge is -2.13. The van der Waals surface area contributed by atoms with Crippen LogP contribution in [-0.4, -0.2) is 20.5 Å². The van der Waals surface area contributed by atoms with Gasteiger partial charge >= 0.3 is 5.97 Å². The molecule has 0 saturated carbocycles. The predicted octanol–water partition coefficient (Wildman–Crippen LogP) is 3.10. The minimum atomic E-state index is -0.930. The largest absolute Gasteiger partial charge is 0.480 e. The maximum atomic E-state index is 11.1. The highest BCUT2D eigenvalue weighted by molar-refractivity contribution is 8.24. The van der Waals surface area contributed by atoms with Gasteiger partial charge in [-0.2, -0.15) is 5.26 Å². The number of aliphatic carboxylic acids is 1. The first-order chi connectivity index (χ1) is 8.54. The summed E-state index contributed by atoms with van der Waals surface area (Å²) in [4.78, 5) is 11.1. The molecule has 0 aromatic heterocycles. The van der Waals surface area contributed by atoms with Crippen LogP contribution >= 0.6 is 24.0 Å². The summed E-state index contributed by atoms with van der Waals surface area (Å²) in [6.45, 7) is 1.71. The minimum Gasteiger partial charge on any atom is -0.480 e. The first-order valence-corrected chi connectivity index (χ1v) is 6.72. The summed E-state index contributed by atoms with van der Waals surface area (Å²) >= 11 is 6.35. The maximum absolute atomic E-state index is 11.1. The highest BCUT2D eigenvalue weighted by atomic mass is 32.2. The Morgan fingerprint density at radius 2 is 2.11 bits per heavy atom. The molecule has 0 heterocycles. The Morgan fingerprint density at radius 3 is 2.61 bits per heavy atom. The van der Waals surface area contributed by atoms with E-state index >= 15 is 0 Å². The quantitative estimate of drug-likeness (QED) is 0.839. The van der Waals surface area contributed by atoms with E-state index in [0.29, 0.717) is 10.6 Å². The van der Waals surface area contributed by atoms with E-state index in [1.165, 1.54) is 0 Å². The average Bonchev–Trinajstić information content (AvgIpc) is 2.38. The van der Waals surface area contributed by atoms with Crippen molar-refractivity contribution in [2.24, 2.45) is 5.92 Å². The first kappa shape index (κ1) is 14.7. The van der Waals surface area contributed by atoms with Gasteiger partial charge in [-0.05, 0) is 18.9 Å². The Labute approximate surface area is 116 Å². The Bertz CT molecular complexity index is 468. The van der Waals surface area contributed by atoms with E-state index in [-0.39, 0.29) is 5.92 Å². The molecule has 1 rings (SSSR count). The monoisotopic (exact) mass is 279 g/mol. The zero-order valence-electron chi connectivity index (χ0n) is 9.87. The van der Waals surface area contributed by atoms with Gasteiger partial charge in [0.2, 0.25) is 0 Å². The molecule has 0 aliphatic rings. The molecule has 0 saturated heterocycles. The molecular weight excluding hydrogens is 266 g/mol. The molecule has 94 valence electrons. The summed E-state index contributed by atoms with van der Waals surface area (Å²) in [6, 6.07) is 11.3. The van der Waals surface area contributed by atoms with Gasteiger partial charge in [-0.1, -0.05) is 54.3 Å². The van der Waals surface area contributed by atoms with E-state index < -0.39 is 11.2 Å². The zero-order chi connectivity index (χ0) is 13.5. The van der Waals surface area contributed by atoms with Crippen LogP contribution in [0.3, 0.4) is 0 Å². The molecule has 0 bridgehead atoms. The second kappa shape index (κ2) is 7.14. The highest BCUT2D eigenvalue weighted by Crippen LogP contribution is 2.24. The van der Waals surface area contributed by atoms with Gasteiger partial charge in [0.15, 0.2) is 0 Å². The van der Waals surface area contributed by atoms with Crippen molar-refractivity contribution in [3.63, 3.8) is 0 Å². The van der Waals surface area contributed by atoms with Gasteiger partial charge < -0.3 is 5.11 Å². The average molecular weight is 279 g/mol. The molecule has 3 nitrogen and oxygen atoms in total. The lowest BCUT2D eigenvalue weighted by atomic mass is 10.1. The second-order valence-corrected chi connectivity index (χ2v) is 5.74. The van der Waals surface area contributed by atoms with Crippen LogP contribution in [0.4, 0.5) is 0 Å². The summed E-state index contributed by atoms with van der Waals surface area (Å²) < 4.78 is 0.549. The van der Waals surface area contributed by atoms with E-state index in [1.54, 1.807) is 6.92 Å². The smallest absolute Gasteiger partial charge is 0.317 e. The molecular formula is C13H13NO2S2. The number of carboxylic acid groups (broad SMARTS) is 1. The van der Waals surface area contributed by atoms with Crippen molar-refractivity contribution in [1.29, 1.82) is 5.26 Å². The fraction of sp³-hybridized carbons (Fsp3) is 0.308. The standard InChI is InChI=1S/C13H13NO2S2/c1-9(8-14)7-11(12(15)16)18-13(17)10-5-3-2-4-6-10/h2-6,9,11H,7H2,1H3,(H,15,16). The zero-order valence-corrected chi connectivity index (χ0v) is 11.5. The number of hydrogen-bond donors (Lipinski definition) is 1. The lowest BCUT2D eigenvalue weighted by molar-refractivity contribution is -0.136.